The van der Waals surface area contributed by atoms with E-state index in [1.165, 1.54) is 6.07 Å². The Hall–Kier alpha value is -1.30. The van der Waals surface area contributed by atoms with Crippen molar-refractivity contribution in [2.75, 3.05) is 25.6 Å². The summed E-state index contributed by atoms with van der Waals surface area (Å²) in [5.41, 5.74) is 2.35. The Labute approximate surface area is 185 Å². The summed E-state index contributed by atoms with van der Waals surface area (Å²) in [5.74, 6) is -0.106. The van der Waals surface area contributed by atoms with Gasteiger partial charge in [-0.15, -0.1) is 0 Å². The van der Waals surface area contributed by atoms with Crippen LogP contribution < -0.4 is 11.4 Å². The first-order valence-electron chi connectivity index (χ1n) is 9.12. The van der Waals surface area contributed by atoms with Gasteiger partial charge in [0.2, 0.25) is 0 Å². The minimum absolute atomic E-state index is 0.106. The summed E-state index contributed by atoms with van der Waals surface area (Å²) in [6.45, 7) is -1.94. The van der Waals surface area contributed by atoms with Crippen LogP contribution in [-0.4, -0.2) is 94.7 Å². The van der Waals surface area contributed by atoms with Crippen LogP contribution in [0.25, 0.3) is 0 Å². The van der Waals surface area contributed by atoms with Crippen molar-refractivity contribution < 1.29 is 62.5 Å². The molecule has 1 aliphatic rings. The van der Waals surface area contributed by atoms with Gasteiger partial charge < -0.3 is 45.8 Å². The summed E-state index contributed by atoms with van der Waals surface area (Å²) in [7, 11) is -10.6. The number of nitrogens with two attached hydrogens (primary N) is 1. The second kappa shape index (κ2) is 10.5. The second-order valence-electron chi connectivity index (χ2n) is 7.23. The van der Waals surface area contributed by atoms with Crippen LogP contribution in [-0.2, 0) is 27.2 Å². The van der Waals surface area contributed by atoms with E-state index in [0.717, 1.165) is 17.7 Å². The molecule has 8 atom stereocenters. The summed E-state index contributed by atoms with van der Waals surface area (Å²) < 4.78 is 42.7. The molecule has 0 spiro atoms. The molecule has 2 heterocycles. The molecule has 0 aromatic carbocycles. The number of phosphoric acid groups is 2. The number of rotatable bonds is 11. The number of nitrogens with zero attached hydrogens (tertiary/aromatic N) is 2. The van der Waals surface area contributed by atoms with Crippen molar-refractivity contribution in [3.05, 3.63) is 22.7 Å². The molecule has 1 saturated heterocycles. The Kier molecular flexibility index (Phi) is 8.92. The molecule has 0 radical (unpaired) electrons. The molecule has 1 aliphatic heterocycles. The predicted molar refractivity (Wildman–Crippen MR) is 105 cm³/mol. The zero-order valence-electron chi connectivity index (χ0n) is 17.0. The summed E-state index contributed by atoms with van der Waals surface area (Å²) in [6, 6.07) is 1.22. The number of anilines is 1. The highest BCUT2D eigenvalue weighted by molar-refractivity contribution is 7.61. The minimum Gasteiger partial charge on any atom is -0.393 e. The molecule has 0 amide bonds. The van der Waals surface area contributed by atoms with E-state index in [2.05, 4.69) is 18.3 Å². The third kappa shape index (κ3) is 7.34. The van der Waals surface area contributed by atoms with Crippen LogP contribution in [0.2, 0.25) is 0 Å². The average molecular weight is 521 g/mol. The monoisotopic (exact) mass is 521 g/mol. The van der Waals surface area contributed by atoms with Gasteiger partial charge in [0.15, 0.2) is 6.23 Å². The van der Waals surface area contributed by atoms with Gasteiger partial charge in [0.1, 0.15) is 35.8 Å². The number of aliphatic hydroxyl groups excluding tert-OH is 4. The first kappa shape index (κ1) is 27.9. The van der Waals surface area contributed by atoms with Crippen LogP contribution in [0.3, 0.4) is 0 Å². The molecule has 1 fully saturated rings. The fourth-order valence-corrected chi connectivity index (χ4v) is 4.60. The number of nitrogen functional groups attached to an aromatic ring is 1. The van der Waals surface area contributed by atoms with Gasteiger partial charge in [-0.1, -0.05) is 0 Å². The third-order valence-corrected chi connectivity index (χ3v) is 7.11. The quantitative estimate of drug-likeness (QED) is 0.133. The van der Waals surface area contributed by atoms with Gasteiger partial charge in [0, 0.05) is 6.20 Å². The summed E-state index contributed by atoms with van der Waals surface area (Å²) >= 11 is 0. The Bertz CT molecular complexity index is 973. The molecule has 33 heavy (non-hydrogen) atoms. The molecule has 0 saturated carbocycles. The maximum atomic E-state index is 12.0. The van der Waals surface area contributed by atoms with E-state index in [4.69, 9.17) is 15.6 Å². The Morgan fingerprint density at radius 2 is 1.88 bits per heavy atom. The minimum atomic E-state index is -5.33. The van der Waals surface area contributed by atoms with Crippen LogP contribution >= 0.6 is 15.6 Å². The molecule has 1 aromatic heterocycles. The third-order valence-electron chi connectivity index (χ3n) is 4.50. The largest absolute Gasteiger partial charge is 0.481 e. The highest BCUT2D eigenvalue weighted by Gasteiger charge is 2.46. The average Bonchev–Trinajstić information content (AvgIpc) is 2.98. The van der Waals surface area contributed by atoms with Gasteiger partial charge >= 0.3 is 21.3 Å². The van der Waals surface area contributed by atoms with Crippen molar-refractivity contribution in [1.29, 1.82) is 0 Å². The molecule has 19 heteroatoms. The number of phosphoric ester groups is 2. The van der Waals surface area contributed by atoms with E-state index >= 15 is 0 Å². The SMILES string of the molecule is C[C@@](O)(CO)[C@@H](O)COP(=O)(O)OP(=O)(O)OC[C@@H]1O[C@@H](n2ccc(N)nc2=O)[C@H](O)[C@H]1O. The van der Waals surface area contributed by atoms with Crippen molar-refractivity contribution in [3.8, 4) is 0 Å². The van der Waals surface area contributed by atoms with Gasteiger partial charge in [0.25, 0.3) is 0 Å². The first-order valence-corrected chi connectivity index (χ1v) is 12.1. The Balaban J connectivity index is 1.96. The smallest absolute Gasteiger partial charge is 0.393 e. The topological polar surface area (TPSA) is 274 Å². The van der Waals surface area contributed by atoms with Crippen LogP contribution in [0.1, 0.15) is 13.2 Å². The van der Waals surface area contributed by atoms with Crippen molar-refractivity contribution >= 4 is 21.5 Å². The van der Waals surface area contributed by atoms with E-state index in [1.807, 2.05) is 0 Å². The lowest BCUT2D eigenvalue weighted by Crippen LogP contribution is -2.45. The highest BCUT2D eigenvalue weighted by Crippen LogP contribution is 2.60. The summed E-state index contributed by atoms with van der Waals surface area (Å²) in [5, 5.41) is 48.3. The van der Waals surface area contributed by atoms with Gasteiger partial charge in [0.05, 0.1) is 19.8 Å². The summed E-state index contributed by atoms with van der Waals surface area (Å²) in [6.07, 6.45) is -7.07. The van der Waals surface area contributed by atoms with Crippen molar-refractivity contribution in [2.45, 2.75) is 43.2 Å². The van der Waals surface area contributed by atoms with Crippen molar-refractivity contribution in [3.63, 3.8) is 0 Å². The number of hydrogen-bond acceptors (Lipinski definition) is 14. The predicted octanol–water partition coefficient (Wildman–Crippen LogP) is -3.20. The van der Waals surface area contributed by atoms with Crippen LogP contribution in [0.5, 0.6) is 0 Å². The molecule has 2 unspecified atom stereocenters. The molecule has 9 N–H and O–H groups in total. The van der Waals surface area contributed by atoms with Gasteiger partial charge in [-0.3, -0.25) is 13.6 Å². The van der Waals surface area contributed by atoms with Crippen LogP contribution in [0, 0.1) is 0 Å². The van der Waals surface area contributed by atoms with Gasteiger partial charge in [-0.2, -0.15) is 9.29 Å². The Morgan fingerprint density at radius 1 is 1.27 bits per heavy atom. The fourth-order valence-electron chi connectivity index (χ4n) is 2.51. The van der Waals surface area contributed by atoms with E-state index < -0.39 is 77.4 Å². The zero-order chi connectivity index (χ0) is 25.2. The first-order chi connectivity index (χ1) is 15.1. The lowest BCUT2D eigenvalue weighted by Gasteiger charge is -2.27. The van der Waals surface area contributed by atoms with E-state index in [1.54, 1.807) is 0 Å². The van der Waals surface area contributed by atoms with E-state index in [9.17, 15) is 44.1 Å². The number of hydrogen-bond donors (Lipinski definition) is 8. The highest BCUT2D eigenvalue weighted by atomic mass is 31.3. The fraction of sp³-hybridized carbons (Fsp3) is 0.714. The normalized spacial score (nSPS) is 29.7. The summed E-state index contributed by atoms with van der Waals surface area (Å²) in [4.78, 5) is 34.5. The maximum Gasteiger partial charge on any atom is 0.481 e. The maximum absolute atomic E-state index is 12.0. The van der Waals surface area contributed by atoms with Crippen molar-refractivity contribution in [2.24, 2.45) is 0 Å². The molecule has 190 valence electrons. The van der Waals surface area contributed by atoms with Crippen molar-refractivity contribution in [1.82, 2.24) is 9.55 Å². The number of ether oxygens (including phenoxy) is 1. The molecule has 17 nitrogen and oxygen atoms in total. The molecule has 0 bridgehead atoms. The van der Waals surface area contributed by atoms with Gasteiger partial charge in [-0.05, 0) is 13.0 Å². The molecular weight excluding hydrogens is 496 g/mol. The zero-order valence-corrected chi connectivity index (χ0v) is 18.8. The van der Waals surface area contributed by atoms with Gasteiger partial charge in [-0.25, -0.2) is 13.9 Å². The number of aliphatic hydroxyl groups is 5. The molecule has 1 aromatic rings. The van der Waals surface area contributed by atoms with Crippen LogP contribution in [0.4, 0.5) is 5.82 Å². The molecule has 0 aliphatic carbocycles. The lowest BCUT2D eigenvalue weighted by molar-refractivity contribution is -0.107. The van der Waals surface area contributed by atoms with E-state index in [0.29, 0.717) is 0 Å². The number of aromatic nitrogens is 2. The second-order valence-corrected chi connectivity index (χ2v) is 10.3. The molecular formula is C14H25N3O14P2. The Morgan fingerprint density at radius 3 is 2.45 bits per heavy atom. The molecule has 2 rings (SSSR count). The van der Waals surface area contributed by atoms with E-state index in [-0.39, 0.29) is 5.82 Å². The lowest BCUT2D eigenvalue weighted by atomic mass is 10.0. The van der Waals surface area contributed by atoms with Crippen LogP contribution in [0.15, 0.2) is 17.1 Å². The standard InChI is InChI=1S/C14H25N3O14P2/c1-14(23,6-18)8(19)5-29-33(26,27)31-32(24,25)28-4-7-10(20)11(21)12(30-7)17-3-2-9(15)16-13(17)22/h2-3,7-8,10-12,18-21,23H,4-6H2,1H3,(H,24,25)(H,26,27)(H2,15,16,22)/t7-,8-,10-,11+,12+,14+/m0/s1.